The molecule has 3 aromatic rings. The number of ether oxygens (including phenoxy) is 1. The number of amides is 1. The molecule has 0 spiro atoms. The zero-order valence-corrected chi connectivity index (χ0v) is 18.6. The maximum Gasteiger partial charge on any atom is 0.234 e. The highest BCUT2D eigenvalue weighted by atomic mass is 16.5. The molecule has 1 atom stereocenters. The average molecular weight is 429 g/mol. The second-order valence-electron chi connectivity index (χ2n) is 8.53. The first kappa shape index (κ1) is 22.1. The van der Waals surface area contributed by atoms with E-state index in [4.69, 9.17) is 4.74 Å². The van der Waals surface area contributed by atoms with E-state index in [1.165, 1.54) is 16.7 Å². The van der Waals surface area contributed by atoms with Crippen molar-refractivity contribution in [2.24, 2.45) is 0 Å². The molecule has 166 valence electrons. The average Bonchev–Trinajstić information content (AvgIpc) is 2.83. The fraction of sp³-hybridized carbons (Fsp3) is 0.321. The van der Waals surface area contributed by atoms with Gasteiger partial charge < -0.3 is 10.1 Å². The number of fused-ring (bicyclic) bond motifs is 1. The summed E-state index contributed by atoms with van der Waals surface area (Å²) in [4.78, 5) is 15.3. The number of rotatable bonds is 4. The van der Waals surface area contributed by atoms with Crippen LogP contribution in [-0.4, -0.2) is 36.5 Å². The molecule has 4 nitrogen and oxygen atoms in total. The van der Waals surface area contributed by atoms with E-state index >= 15 is 0 Å². The monoisotopic (exact) mass is 428 g/mol. The number of hydrogen-bond donors (Lipinski definition) is 1. The van der Waals surface area contributed by atoms with Gasteiger partial charge in [-0.15, -0.1) is 0 Å². The van der Waals surface area contributed by atoms with Crippen molar-refractivity contribution in [2.75, 3.05) is 19.7 Å². The fourth-order valence-electron chi connectivity index (χ4n) is 4.27. The van der Waals surface area contributed by atoms with E-state index < -0.39 is 0 Å². The number of carbonyl (C=O) groups is 1. The van der Waals surface area contributed by atoms with Crippen LogP contribution < -0.4 is 10.1 Å². The maximum absolute atomic E-state index is 13.0. The topological polar surface area (TPSA) is 41.6 Å². The van der Waals surface area contributed by atoms with Gasteiger partial charge in [-0.05, 0) is 55.0 Å². The van der Waals surface area contributed by atoms with Crippen LogP contribution >= 0.6 is 0 Å². The highest BCUT2D eigenvalue weighted by molar-refractivity contribution is 5.78. The molecule has 1 amide bonds. The molecule has 4 heteroatoms. The molecule has 0 bridgehead atoms. The predicted octanol–water partition coefficient (Wildman–Crippen LogP) is 4.63. The maximum atomic E-state index is 13.0. The Labute approximate surface area is 191 Å². The van der Waals surface area contributed by atoms with Crippen molar-refractivity contribution in [2.45, 2.75) is 38.3 Å². The van der Waals surface area contributed by atoms with E-state index in [1.807, 2.05) is 36.4 Å². The first-order valence-corrected chi connectivity index (χ1v) is 11.6. The van der Waals surface area contributed by atoms with Crippen LogP contribution in [0.25, 0.3) is 0 Å². The van der Waals surface area contributed by atoms with Crippen molar-refractivity contribution < 1.29 is 9.53 Å². The lowest BCUT2D eigenvalue weighted by Crippen LogP contribution is -2.45. The number of benzene rings is 3. The molecule has 0 aliphatic carbocycles. The smallest absolute Gasteiger partial charge is 0.234 e. The molecular formula is C28H32N2O2. The summed E-state index contributed by atoms with van der Waals surface area (Å²) >= 11 is 0. The van der Waals surface area contributed by atoms with Gasteiger partial charge in [0.15, 0.2) is 0 Å². The number of carbonyl (C=O) groups excluding carboxylic acids is 1. The molecule has 0 fully saturated rings. The molecule has 0 saturated heterocycles. The predicted molar refractivity (Wildman–Crippen MR) is 129 cm³/mol. The number of hydrogen-bond acceptors (Lipinski definition) is 3. The van der Waals surface area contributed by atoms with Gasteiger partial charge in [0.05, 0.1) is 12.6 Å². The van der Waals surface area contributed by atoms with E-state index in [0.29, 0.717) is 13.2 Å². The zero-order chi connectivity index (χ0) is 22.0. The van der Waals surface area contributed by atoms with Crippen LogP contribution in [0.2, 0.25) is 0 Å². The highest BCUT2D eigenvalue weighted by Crippen LogP contribution is 2.21. The van der Waals surface area contributed by atoms with Crippen molar-refractivity contribution in [1.29, 1.82) is 0 Å². The Morgan fingerprint density at radius 1 is 0.844 bits per heavy atom. The van der Waals surface area contributed by atoms with Crippen LogP contribution in [0.4, 0.5) is 0 Å². The Balaban J connectivity index is 1.51. The molecular weight excluding hydrogens is 396 g/mol. The van der Waals surface area contributed by atoms with Crippen molar-refractivity contribution >= 4 is 5.91 Å². The molecule has 32 heavy (non-hydrogen) atoms. The standard InChI is InChI=1S/C28H32N2O2/c31-28-21-30(20-24-13-5-2-6-14-24)18-10-9-16-25-15-7-8-17-27(25)32-22-26(29-28)19-23-11-3-1-4-12-23/h1-8,11-15,17,26H,9-10,16,18-22H2,(H,29,31)/t26-/m0/s1. The van der Waals surface area contributed by atoms with Gasteiger partial charge in [0, 0.05) is 6.54 Å². The van der Waals surface area contributed by atoms with Crippen LogP contribution in [0, 0.1) is 0 Å². The third-order valence-corrected chi connectivity index (χ3v) is 5.89. The van der Waals surface area contributed by atoms with E-state index in [1.54, 1.807) is 0 Å². The van der Waals surface area contributed by atoms with Crippen molar-refractivity contribution in [3.63, 3.8) is 0 Å². The normalized spacial score (nSPS) is 18.2. The van der Waals surface area contributed by atoms with Gasteiger partial charge >= 0.3 is 0 Å². The second-order valence-corrected chi connectivity index (χ2v) is 8.53. The number of aryl methyl sites for hydroxylation is 1. The largest absolute Gasteiger partial charge is 0.491 e. The van der Waals surface area contributed by atoms with Crippen molar-refractivity contribution in [3.8, 4) is 5.75 Å². The Bertz CT molecular complexity index is 975. The van der Waals surface area contributed by atoms with E-state index in [-0.39, 0.29) is 11.9 Å². The molecule has 0 radical (unpaired) electrons. The molecule has 0 unspecified atom stereocenters. The number of para-hydroxylation sites is 1. The van der Waals surface area contributed by atoms with Crippen LogP contribution in [0.5, 0.6) is 5.75 Å². The summed E-state index contributed by atoms with van der Waals surface area (Å²) in [6.45, 7) is 2.53. The minimum atomic E-state index is -0.0858. The fourth-order valence-corrected chi connectivity index (χ4v) is 4.27. The SMILES string of the molecule is O=C1CN(Cc2ccccc2)CCCCc2ccccc2OC[C@H](Cc2ccccc2)N1. The first-order valence-electron chi connectivity index (χ1n) is 11.6. The highest BCUT2D eigenvalue weighted by Gasteiger charge is 2.18. The molecule has 1 aliphatic rings. The number of nitrogens with zero attached hydrogens (tertiary/aromatic N) is 1. The third kappa shape index (κ3) is 6.69. The molecule has 4 rings (SSSR count). The van der Waals surface area contributed by atoms with Crippen LogP contribution in [0.3, 0.4) is 0 Å². The lowest BCUT2D eigenvalue weighted by molar-refractivity contribution is -0.123. The van der Waals surface area contributed by atoms with Gasteiger partial charge in [-0.2, -0.15) is 0 Å². The van der Waals surface area contributed by atoms with Gasteiger partial charge in [0.25, 0.3) is 0 Å². The quantitative estimate of drug-likeness (QED) is 0.659. The van der Waals surface area contributed by atoms with E-state index in [2.05, 4.69) is 58.7 Å². The lowest BCUT2D eigenvalue weighted by Gasteiger charge is -2.24. The third-order valence-electron chi connectivity index (χ3n) is 5.89. The van der Waals surface area contributed by atoms with Crippen LogP contribution in [0.1, 0.15) is 29.5 Å². The Kier molecular flexibility index (Phi) is 7.94. The number of nitrogens with one attached hydrogen (secondary N) is 1. The lowest BCUT2D eigenvalue weighted by atomic mass is 10.1. The second kappa shape index (κ2) is 11.5. The zero-order valence-electron chi connectivity index (χ0n) is 18.6. The Morgan fingerprint density at radius 3 is 2.31 bits per heavy atom. The molecule has 3 aromatic carbocycles. The van der Waals surface area contributed by atoms with Crippen LogP contribution in [0.15, 0.2) is 84.9 Å². The summed E-state index contributed by atoms with van der Waals surface area (Å²) in [5.74, 6) is 0.984. The van der Waals surface area contributed by atoms with Crippen LogP contribution in [-0.2, 0) is 24.2 Å². The summed E-state index contributed by atoms with van der Waals surface area (Å²) in [5.41, 5.74) is 3.67. The van der Waals surface area contributed by atoms with E-state index in [0.717, 1.165) is 44.5 Å². The van der Waals surface area contributed by atoms with Crippen molar-refractivity contribution in [1.82, 2.24) is 10.2 Å². The Hall–Kier alpha value is -3.11. The minimum Gasteiger partial charge on any atom is -0.491 e. The Morgan fingerprint density at radius 2 is 1.53 bits per heavy atom. The first-order chi connectivity index (χ1) is 15.8. The molecule has 0 aromatic heterocycles. The minimum absolute atomic E-state index is 0.0537. The summed E-state index contributed by atoms with van der Waals surface area (Å²) < 4.78 is 6.23. The van der Waals surface area contributed by atoms with Gasteiger partial charge in [0.1, 0.15) is 12.4 Å². The molecule has 1 heterocycles. The van der Waals surface area contributed by atoms with Crippen molar-refractivity contribution in [3.05, 3.63) is 102 Å². The molecule has 1 N–H and O–H groups in total. The van der Waals surface area contributed by atoms with Gasteiger partial charge in [-0.1, -0.05) is 78.9 Å². The summed E-state index contributed by atoms with van der Waals surface area (Å²) in [6, 6.07) is 28.9. The van der Waals surface area contributed by atoms with E-state index in [9.17, 15) is 4.79 Å². The molecule has 1 aliphatic heterocycles. The molecule has 0 saturated carbocycles. The summed E-state index contributed by atoms with van der Waals surface area (Å²) in [7, 11) is 0. The summed E-state index contributed by atoms with van der Waals surface area (Å²) in [6.07, 6.45) is 3.84. The summed E-state index contributed by atoms with van der Waals surface area (Å²) in [5, 5.41) is 3.24. The van der Waals surface area contributed by atoms with Gasteiger partial charge in [-0.3, -0.25) is 9.69 Å². The van der Waals surface area contributed by atoms with Gasteiger partial charge in [0.2, 0.25) is 5.91 Å². The van der Waals surface area contributed by atoms with Gasteiger partial charge in [-0.25, -0.2) is 0 Å².